The van der Waals surface area contributed by atoms with Crippen LogP contribution in [-0.2, 0) is 10.8 Å². The maximum absolute atomic E-state index is 11.3. The highest BCUT2D eigenvalue weighted by molar-refractivity contribution is 9.10. The molecule has 1 saturated heterocycles. The van der Waals surface area contributed by atoms with E-state index in [1.165, 1.54) is 0 Å². The summed E-state index contributed by atoms with van der Waals surface area (Å²) in [5.41, 5.74) is 1.09. The summed E-state index contributed by atoms with van der Waals surface area (Å²) in [7, 11) is -0.677. The van der Waals surface area contributed by atoms with Crippen molar-refractivity contribution in [2.75, 3.05) is 5.75 Å². The molecule has 70 valence electrons. The summed E-state index contributed by atoms with van der Waals surface area (Å²) in [5.74, 6) is 0.828. The largest absolute Gasteiger partial charge is 0.259 e. The molecule has 0 radical (unpaired) electrons. The van der Waals surface area contributed by atoms with Crippen LogP contribution in [0.15, 0.2) is 22.7 Å². The molecule has 1 aromatic rings. The molecule has 1 aromatic carbocycles. The lowest BCUT2D eigenvalue weighted by Gasteiger charge is -2.25. The minimum Gasteiger partial charge on any atom is -0.259 e. The number of hydrogen-bond acceptors (Lipinski definition) is 1. The van der Waals surface area contributed by atoms with Crippen molar-refractivity contribution in [2.45, 2.75) is 11.7 Å². The second-order valence-electron chi connectivity index (χ2n) is 3.06. The van der Waals surface area contributed by atoms with E-state index >= 15 is 0 Å². The van der Waals surface area contributed by atoms with Crippen LogP contribution >= 0.6 is 27.5 Å². The van der Waals surface area contributed by atoms with Gasteiger partial charge >= 0.3 is 0 Å². The third kappa shape index (κ3) is 1.97. The first-order valence-electron chi connectivity index (χ1n) is 4.00. The van der Waals surface area contributed by atoms with Crippen LogP contribution in [0.3, 0.4) is 0 Å². The Hall–Kier alpha value is 0.140. The molecule has 0 aromatic heterocycles. The van der Waals surface area contributed by atoms with Crippen molar-refractivity contribution in [3.8, 4) is 0 Å². The fourth-order valence-electron chi connectivity index (χ4n) is 1.41. The smallest absolute Gasteiger partial charge is 0.0606 e. The Labute approximate surface area is 93.1 Å². The first kappa shape index (κ1) is 9.69. The lowest BCUT2D eigenvalue weighted by atomic mass is 10.1. The van der Waals surface area contributed by atoms with Gasteiger partial charge in [-0.05, 0) is 30.2 Å². The Morgan fingerprint density at radius 1 is 1.46 bits per heavy atom. The van der Waals surface area contributed by atoms with Gasteiger partial charge in [-0.15, -0.1) is 0 Å². The molecular formula is C9H8BrClOS. The first-order chi connectivity index (χ1) is 6.16. The molecule has 1 aliphatic rings. The van der Waals surface area contributed by atoms with Crippen LogP contribution in [0.4, 0.5) is 0 Å². The molecule has 0 spiro atoms. The zero-order valence-corrected chi connectivity index (χ0v) is 9.95. The Morgan fingerprint density at radius 3 is 2.69 bits per heavy atom. The first-order valence-corrected chi connectivity index (χ1v) is 6.55. The minimum absolute atomic E-state index is 0.204. The number of rotatable bonds is 1. The summed E-state index contributed by atoms with van der Waals surface area (Å²) in [5, 5.41) is 0.906. The number of benzene rings is 1. The highest BCUT2D eigenvalue weighted by Gasteiger charge is 2.28. The Balaban J connectivity index is 2.34. The molecule has 1 fully saturated rings. The van der Waals surface area contributed by atoms with Crippen molar-refractivity contribution in [3.05, 3.63) is 33.3 Å². The van der Waals surface area contributed by atoms with E-state index in [1.807, 2.05) is 18.2 Å². The van der Waals surface area contributed by atoms with E-state index in [2.05, 4.69) is 15.9 Å². The van der Waals surface area contributed by atoms with Crippen molar-refractivity contribution < 1.29 is 4.21 Å². The van der Waals surface area contributed by atoms with Crippen molar-refractivity contribution in [2.24, 2.45) is 0 Å². The van der Waals surface area contributed by atoms with Gasteiger partial charge in [0.1, 0.15) is 0 Å². The van der Waals surface area contributed by atoms with Crippen LogP contribution in [0, 0.1) is 0 Å². The van der Waals surface area contributed by atoms with Crippen LogP contribution in [0.1, 0.15) is 17.2 Å². The molecule has 1 heterocycles. The fraction of sp³-hybridized carbons (Fsp3) is 0.333. The van der Waals surface area contributed by atoms with Crippen LogP contribution in [0.5, 0.6) is 0 Å². The minimum atomic E-state index is -0.677. The maximum Gasteiger partial charge on any atom is 0.0606 e. The van der Waals surface area contributed by atoms with Crippen LogP contribution in [0.2, 0.25) is 5.02 Å². The highest BCUT2D eigenvalue weighted by atomic mass is 79.9. The highest BCUT2D eigenvalue weighted by Crippen LogP contribution is 2.35. The summed E-state index contributed by atoms with van der Waals surface area (Å²) >= 11 is 9.27. The third-order valence-electron chi connectivity index (χ3n) is 2.16. The van der Waals surface area contributed by atoms with Gasteiger partial charge in [0.05, 0.1) is 5.25 Å². The van der Waals surface area contributed by atoms with E-state index in [4.69, 9.17) is 11.6 Å². The third-order valence-corrected chi connectivity index (χ3v) is 4.61. The standard InChI is InChI=1S/C9H8BrClOS/c10-7-3-6(4-8(11)5-7)9-1-2-13(9)12/h3-5,9H,1-2H2. The van der Waals surface area contributed by atoms with Gasteiger partial charge in [0.25, 0.3) is 0 Å². The quantitative estimate of drug-likeness (QED) is 0.771. The average Bonchev–Trinajstić information content (AvgIpc) is 1.99. The zero-order chi connectivity index (χ0) is 9.42. The molecule has 0 amide bonds. The molecule has 2 rings (SSSR count). The molecular weight excluding hydrogens is 272 g/mol. The van der Waals surface area contributed by atoms with Gasteiger partial charge in [-0.2, -0.15) is 0 Å². The topological polar surface area (TPSA) is 17.1 Å². The Morgan fingerprint density at radius 2 is 2.23 bits per heavy atom. The monoisotopic (exact) mass is 278 g/mol. The molecule has 1 nitrogen and oxygen atoms in total. The van der Waals surface area contributed by atoms with Crippen LogP contribution < -0.4 is 0 Å². The SMILES string of the molecule is O=S1CCC1c1cc(Cl)cc(Br)c1. The van der Waals surface area contributed by atoms with Gasteiger partial charge in [0.15, 0.2) is 0 Å². The predicted octanol–water partition coefficient (Wildman–Crippen LogP) is 3.30. The lowest BCUT2D eigenvalue weighted by Crippen LogP contribution is -2.22. The molecule has 1 aliphatic heterocycles. The van der Waals surface area contributed by atoms with Gasteiger partial charge in [-0.3, -0.25) is 4.21 Å². The molecule has 0 bridgehead atoms. The zero-order valence-electron chi connectivity index (χ0n) is 6.80. The molecule has 2 atom stereocenters. The van der Waals surface area contributed by atoms with Crippen molar-refractivity contribution in [1.29, 1.82) is 0 Å². The van der Waals surface area contributed by atoms with Gasteiger partial charge < -0.3 is 0 Å². The fourth-order valence-corrected chi connectivity index (χ4v) is 3.40. The second-order valence-corrected chi connectivity index (χ2v) is 6.16. The summed E-state index contributed by atoms with van der Waals surface area (Å²) in [6.07, 6.45) is 1.01. The number of halogens is 2. The molecule has 4 heteroatoms. The van der Waals surface area contributed by atoms with E-state index in [1.54, 1.807) is 0 Å². The summed E-state index contributed by atoms with van der Waals surface area (Å²) in [6, 6.07) is 5.73. The molecule has 2 unspecified atom stereocenters. The normalized spacial score (nSPS) is 26.9. The van der Waals surface area contributed by atoms with Gasteiger partial charge in [-0.25, -0.2) is 0 Å². The van der Waals surface area contributed by atoms with Crippen LogP contribution in [0.25, 0.3) is 0 Å². The summed E-state index contributed by atoms with van der Waals surface area (Å²) in [6.45, 7) is 0. The predicted molar refractivity (Wildman–Crippen MR) is 59.5 cm³/mol. The molecule has 13 heavy (non-hydrogen) atoms. The van der Waals surface area contributed by atoms with E-state index in [9.17, 15) is 4.21 Å². The summed E-state index contributed by atoms with van der Waals surface area (Å²) in [4.78, 5) is 0. The van der Waals surface area contributed by atoms with Gasteiger partial charge in [0.2, 0.25) is 0 Å². The molecule has 0 aliphatic carbocycles. The summed E-state index contributed by atoms with van der Waals surface area (Å²) < 4.78 is 12.3. The van der Waals surface area contributed by atoms with E-state index < -0.39 is 10.8 Å². The average molecular weight is 280 g/mol. The van der Waals surface area contributed by atoms with E-state index in [0.29, 0.717) is 5.02 Å². The van der Waals surface area contributed by atoms with Gasteiger partial charge in [0, 0.05) is 26.0 Å². The van der Waals surface area contributed by atoms with Crippen molar-refractivity contribution in [3.63, 3.8) is 0 Å². The Kier molecular flexibility index (Phi) is 2.77. The second kappa shape index (κ2) is 3.71. The van der Waals surface area contributed by atoms with Gasteiger partial charge in [-0.1, -0.05) is 27.5 Å². The molecule has 0 saturated carbocycles. The van der Waals surface area contributed by atoms with E-state index in [0.717, 1.165) is 22.2 Å². The van der Waals surface area contributed by atoms with Crippen molar-refractivity contribution in [1.82, 2.24) is 0 Å². The van der Waals surface area contributed by atoms with Crippen molar-refractivity contribution >= 4 is 38.3 Å². The van der Waals surface area contributed by atoms with E-state index in [-0.39, 0.29) is 5.25 Å². The lowest BCUT2D eigenvalue weighted by molar-refractivity contribution is 0.645. The number of hydrogen-bond donors (Lipinski definition) is 0. The van der Waals surface area contributed by atoms with Crippen LogP contribution in [-0.4, -0.2) is 9.96 Å². The maximum atomic E-state index is 11.3. The Bertz CT molecular complexity index is 346. The molecule has 0 N–H and O–H groups in total.